The molecule has 0 aliphatic heterocycles. The normalized spacial score (nSPS) is 15.0. The highest BCUT2D eigenvalue weighted by molar-refractivity contribution is 9.10. The average molecular weight is 297 g/mol. The van der Waals surface area contributed by atoms with Gasteiger partial charge in [0.25, 0.3) is 0 Å². The zero-order valence-electron chi connectivity index (χ0n) is 10.7. The van der Waals surface area contributed by atoms with Crippen molar-refractivity contribution in [3.05, 3.63) is 28.2 Å². The molecule has 0 heterocycles. The molecule has 3 heteroatoms. The molecule has 17 heavy (non-hydrogen) atoms. The minimum Gasteiger partial charge on any atom is -0.368 e. The molecule has 2 nitrogen and oxygen atoms in total. The maximum absolute atomic E-state index is 3.71. The first-order chi connectivity index (χ1) is 8.26. The Labute approximate surface area is 113 Å². The van der Waals surface area contributed by atoms with Crippen LogP contribution in [-0.2, 0) is 6.54 Å². The Hall–Kier alpha value is -0.540. The van der Waals surface area contributed by atoms with Gasteiger partial charge in [-0.2, -0.15) is 0 Å². The number of hydrogen-bond acceptors (Lipinski definition) is 2. The Bertz CT molecular complexity index is 374. The quantitative estimate of drug-likeness (QED) is 0.864. The zero-order chi connectivity index (χ0) is 12.3. The van der Waals surface area contributed by atoms with Crippen molar-refractivity contribution in [3.63, 3.8) is 0 Å². The Balaban J connectivity index is 2.12. The van der Waals surface area contributed by atoms with E-state index in [1.807, 2.05) is 0 Å². The van der Waals surface area contributed by atoms with Gasteiger partial charge in [0, 0.05) is 23.6 Å². The van der Waals surface area contributed by atoms with Gasteiger partial charge in [-0.3, -0.25) is 0 Å². The highest BCUT2D eigenvalue weighted by Gasteiger charge is 2.28. The molecule has 1 aliphatic rings. The molecule has 1 fully saturated rings. The third kappa shape index (κ3) is 3.23. The standard InChI is InChI=1S/C14H21BrN2/c1-3-16-10-11-5-8-14(13(15)9-11)17(4-2)12-6-7-12/h5,8-9,12,16H,3-4,6-7,10H2,1-2H3. The molecule has 0 unspecified atom stereocenters. The van der Waals surface area contributed by atoms with E-state index in [-0.39, 0.29) is 0 Å². The molecule has 2 rings (SSSR count). The smallest absolute Gasteiger partial charge is 0.0513 e. The first kappa shape index (κ1) is 12.9. The maximum Gasteiger partial charge on any atom is 0.0513 e. The molecule has 0 radical (unpaired) electrons. The van der Waals surface area contributed by atoms with Gasteiger partial charge in [0.2, 0.25) is 0 Å². The Morgan fingerprint density at radius 2 is 2.12 bits per heavy atom. The van der Waals surface area contributed by atoms with Gasteiger partial charge in [-0.1, -0.05) is 13.0 Å². The first-order valence-electron chi connectivity index (χ1n) is 6.52. The van der Waals surface area contributed by atoms with Crippen LogP contribution in [0.4, 0.5) is 5.69 Å². The van der Waals surface area contributed by atoms with Gasteiger partial charge in [0.15, 0.2) is 0 Å². The molecule has 1 aromatic carbocycles. The minimum absolute atomic E-state index is 0.774. The van der Waals surface area contributed by atoms with Crippen LogP contribution >= 0.6 is 15.9 Å². The fraction of sp³-hybridized carbons (Fsp3) is 0.571. The molecule has 0 atom stereocenters. The van der Waals surface area contributed by atoms with Crippen molar-refractivity contribution in [1.29, 1.82) is 0 Å². The van der Waals surface area contributed by atoms with Crippen LogP contribution in [0.2, 0.25) is 0 Å². The van der Waals surface area contributed by atoms with Crippen molar-refractivity contribution in [2.45, 2.75) is 39.3 Å². The van der Waals surface area contributed by atoms with E-state index < -0.39 is 0 Å². The van der Waals surface area contributed by atoms with Crippen molar-refractivity contribution in [2.24, 2.45) is 0 Å². The molecule has 94 valence electrons. The third-order valence-electron chi connectivity index (χ3n) is 3.23. The van der Waals surface area contributed by atoms with Crippen LogP contribution in [-0.4, -0.2) is 19.1 Å². The molecule has 0 aromatic heterocycles. The SMILES string of the molecule is CCNCc1ccc(N(CC)C2CC2)c(Br)c1. The minimum atomic E-state index is 0.774. The second-order valence-electron chi connectivity index (χ2n) is 4.58. The van der Waals surface area contributed by atoms with E-state index >= 15 is 0 Å². The molecule has 0 saturated heterocycles. The van der Waals surface area contributed by atoms with E-state index in [1.165, 1.54) is 28.6 Å². The summed E-state index contributed by atoms with van der Waals surface area (Å²) in [5, 5.41) is 3.36. The third-order valence-corrected chi connectivity index (χ3v) is 3.86. The topological polar surface area (TPSA) is 15.3 Å². The molecular formula is C14H21BrN2. The first-order valence-corrected chi connectivity index (χ1v) is 7.31. The van der Waals surface area contributed by atoms with Crippen molar-refractivity contribution < 1.29 is 0 Å². The van der Waals surface area contributed by atoms with E-state index in [9.17, 15) is 0 Å². The predicted octanol–water partition coefficient (Wildman–Crippen LogP) is 3.55. The van der Waals surface area contributed by atoms with E-state index in [0.717, 1.165) is 25.7 Å². The van der Waals surface area contributed by atoms with Crippen molar-refractivity contribution in [1.82, 2.24) is 5.32 Å². The summed E-state index contributed by atoms with van der Waals surface area (Å²) < 4.78 is 1.22. The Morgan fingerprint density at radius 3 is 2.65 bits per heavy atom. The number of benzene rings is 1. The fourth-order valence-corrected chi connectivity index (χ4v) is 2.83. The van der Waals surface area contributed by atoms with Gasteiger partial charge in [-0.15, -0.1) is 0 Å². The summed E-state index contributed by atoms with van der Waals surface area (Å²) in [5.74, 6) is 0. The van der Waals surface area contributed by atoms with Crippen molar-refractivity contribution in [2.75, 3.05) is 18.0 Å². The lowest BCUT2D eigenvalue weighted by molar-refractivity contribution is 0.726. The Kier molecular flexibility index (Phi) is 4.46. The maximum atomic E-state index is 3.71. The monoisotopic (exact) mass is 296 g/mol. The van der Waals surface area contributed by atoms with Gasteiger partial charge in [-0.05, 0) is 59.9 Å². The van der Waals surface area contributed by atoms with Crippen LogP contribution in [0.25, 0.3) is 0 Å². The largest absolute Gasteiger partial charge is 0.368 e. The average Bonchev–Trinajstić information content (AvgIpc) is 3.14. The number of nitrogens with zero attached hydrogens (tertiary/aromatic N) is 1. The molecule has 1 N–H and O–H groups in total. The van der Waals surface area contributed by atoms with E-state index in [0.29, 0.717) is 0 Å². The summed E-state index contributed by atoms with van der Waals surface area (Å²) in [4.78, 5) is 2.50. The van der Waals surface area contributed by atoms with Gasteiger partial charge >= 0.3 is 0 Å². The van der Waals surface area contributed by atoms with Crippen LogP contribution in [0.3, 0.4) is 0 Å². The molecule has 1 aromatic rings. The molecule has 0 amide bonds. The summed E-state index contributed by atoms with van der Waals surface area (Å²) >= 11 is 3.71. The summed E-state index contributed by atoms with van der Waals surface area (Å²) in [5.41, 5.74) is 2.68. The van der Waals surface area contributed by atoms with E-state index in [4.69, 9.17) is 0 Å². The van der Waals surface area contributed by atoms with Crippen LogP contribution < -0.4 is 10.2 Å². The van der Waals surface area contributed by atoms with E-state index in [2.05, 4.69) is 58.2 Å². The highest BCUT2D eigenvalue weighted by Crippen LogP contribution is 2.35. The molecule has 1 saturated carbocycles. The zero-order valence-corrected chi connectivity index (χ0v) is 12.3. The molecule has 1 aliphatic carbocycles. The summed E-state index contributed by atoms with van der Waals surface area (Å²) in [6.45, 7) is 7.43. The lowest BCUT2D eigenvalue weighted by Crippen LogP contribution is -2.25. The lowest BCUT2D eigenvalue weighted by Gasteiger charge is -2.24. The summed E-state index contributed by atoms with van der Waals surface area (Å²) in [6.07, 6.45) is 2.69. The van der Waals surface area contributed by atoms with Gasteiger partial charge < -0.3 is 10.2 Å². The molecule has 0 bridgehead atoms. The summed E-state index contributed by atoms with van der Waals surface area (Å²) in [7, 11) is 0. The van der Waals surface area contributed by atoms with Crippen molar-refractivity contribution >= 4 is 21.6 Å². The van der Waals surface area contributed by atoms with Crippen LogP contribution in [0.5, 0.6) is 0 Å². The van der Waals surface area contributed by atoms with Gasteiger partial charge in [0.1, 0.15) is 0 Å². The number of halogens is 1. The number of anilines is 1. The van der Waals surface area contributed by atoms with Crippen LogP contribution in [0.1, 0.15) is 32.3 Å². The lowest BCUT2D eigenvalue weighted by atomic mass is 10.2. The number of rotatable bonds is 6. The van der Waals surface area contributed by atoms with Crippen LogP contribution in [0, 0.1) is 0 Å². The fourth-order valence-electron chi connectivity index (χ4n) is 2.17. The van der Waals surface area contributed by atoms with E-state index in [1.54, 1.807) is 0 Å². The van der Waals surface area contributed by atoms with Crippen molar-refractivity contribution in [3.8, 4) is 0 Å². The summed E-state index contributed by atoms with van der Waals surface area (Å²) in [6, 6.07) is 7.49. The number of hydrogen-bond donors (Lipinski definition) is 1. The Morgan fingerprint density at radius 1 is 1.35 bits per heavy atom. The van der Waals surface area contributed by atoms with Crippen LogP contribution in [0.15, 0.2) is 22.7 Å². The second-order valence-corrected chi connectivity index (χ2v) is 5.44. The highest BCUT2D eigenvalue weighted by atomic mass is 79.9. The van der Waals surface area contributed by atoms with Gasteiger partial charge in [-0.25, -0.2) is 0 Å². The molecular weight excluding hydrogens is 276 g/mol. The molecule has 0 spiro atoms. The number of nitrogens with one attached hydrogen (secondary N) is 1. The predicted molar refractivity (Wildman–Crippen MR) is 77.6 cm³/mol. The van der Waals surface area contributed by atoms with Gasteiger partial charge in [0.05, 0.1) is 5.69 Å². The second kappa shape index (κ2) is 5.87.